The Morgan fingerprint density at radius 2 is 2.06 bits per heavy atom. The summed E-state index contributed by atoms with van der Waals surface area (Å²) in [6, 6.07) is 15.9. The number of pyridine rings is 1. The Bertz CT molecular complexity index is 1320. The number of nitrogens with one attached hydrogen (secondary N) is 3. The number of methoxy groups -OCH3 is 1. The zero-order chi connectivity index (χ0) is 23.0. The summed E-state index contributed by atoms with van der Waals surface area (Å²) in [5, 5.41) is 6.48. The molecule has 1 aliphatic rings. The van der Waals surface area contributed by atoms with Crippen molar-refractivity contribution < 1.29 is 12.3 Å². The summed E-state index contributed by atoms with van der Waals surface area (Å²) in [6.45, 7) is -1.26. The number of hydrogen-bond acceptors (Lipinski definition) is 4. The Hall–Kier alpha value is -4.00. The van der Waals surface area contributed by atoms with Crippen LogP contribution in [0.4, 0.5) is 21.9 Å². The van der Waals surface area contributed by atoms with Crippen molar-refractivity contribution in [3.63, 3.8) is 0 Å². The lowest BCUT2D eigenvalue weighted by atomic mass is 10.1. The third-order valence-electron chi connectivity index (χ3n) is 5.33. The number of benzene rings is 2. The summed E-state index contributed by atoms with van der Waals surface area (Å²) in [4.78, 5) is 21.7. The van der Waals surface area contributed by atoms with Gasteiger partial charge in [0.2, 0.25) is 0 Å². The summed E-state index contributed by atoms with van der Waals surface area (Å²) >= 11 is 0. The summed E-state index contributed by atoms with van der Waals surface area (Å²) in [6.07, 6.45) is 3.98. The molecule has 4 aromatic rings. The SMILES string of the molecule is [2H]C([2H])(c1c[nH]c2ncccc12)N1CCc2c(NC(=O)Nc3ccc(OC)cc3)cccc21. The largest absolute Gasteiger partial charge is 0.497 e. The maximum Gasteiger partial charge on any atom is 0.323 e. The minimum Gasteiger partial charge on any atom is -0.497 e. The van der Waals surface area contributed by atoms with Crippen molar-refractivity contribution in [2.75, 3.05) is 29.2 Å². The molecule has 0 atom stereocenters. The molecule has 3 heterocycles. The van der Waals surface area contributed by atoms with Crippen molar-refractivity contribution >= 4 is 34.1 Å². The molecule has 7 nitrogen and oxygen atoms in total. The minimum atomic E-state index is -1.75. The molecule has 2 amide bonds. The number of carbonyl (C=O) groups excluding carboxylic acids is 1. The summed E-state index contributed by atoms with van der Waals surface area (Å²) in [5.74, 6) is 0.710. The Labute approximate surface area is 182 Å². The second-order valence-corrected chi connectivity index (χ2v) is 7.23. The average molecular weight is 415 g/mol. The Morgan fingerprint density at radius 3 is 2.90 bits per heavy atom. The van der Waals surface area contributed by atoms with Gasteiger partial charge in [0.05, 0.1) is 9.85 Å². The maximum atomic E-state index is 12.6. The zero-order valence-corrected chi connectivity index (χ0v) is 17.0. The quantitative estimate of drug-likeness (QED) is 0.438. The highest BCUT2D eigenvalue weighted by Gasteiger charge is 2.23. The summed E-state index contributed by atoms with van der Waals surface area (Å²) in [5.41, 5.74) is 4.17. The topological polar surface area (TPSA) is 82.3 Å². The number of rotatable bonds is 5. The van der Waals surface area contributed by atoms with Gasteiger partial charge in [-0.15, -0.1) is 0 Å². The molecule has 0 fully saturated rings. The van der Waals surface area contributed by atoms with E-state index in [1.165, 1.54) is 0 Å². The van der Waals surface area contributed by atoms with Crippen LogP contribution in [0.1, 0.15) is 13.9 Å². The first-order valence-corrected chi connectivity index (χ1v) is 10.0. The van der Waals surface area contributed by atoms with Crippen LogP contribution in [0.3, 0.4) is 0 Å². The molecule has 3 N–H and O–H groups in total. The van der Waals surface area contributed by atoms with Crippen molar-refractivity contribution in [3.8, 4) is 5.75 Å². The molecule has 0 aliphatic carbocycles. The number of hydrogen-bond donors (Lipinski definition) is 3. The van der Waals surface area contributed by atoms with Crippen LogP contribution in [0.25, 0.3) is 11.0 Å². The van der Waals surface area contributed by atoms with E-state index >= 15 is 0 Å². The molecule has 156 valence electrons. The average Bonchev–Trinajstić information content (AvgIpc) is 3.45. The van der Waals surface area contributed by atoms with Crippen LogP contribution in [-0.2, 0) is 12.9 Å². The van der Waals surface area contributed by atoms with Gasteiger partial charge in [-0.25, -0.2) is 9.78 Å². The predicted octanol–water partition coefficient (Wildman–Crippen LogP) is 4.78. The number of urea groups is 1. The fourth-order valence-corrected chi connectivity index (χ4v) is 3.82. The number of ether oxygens (including phenoxy) is 1. The van der Waals surface area contributed by atoms with E-state index in [2.05, 4.69) is 20.6 Å². The predicted molar refractivity (Wildman–Crippen MR) is 123 cm³/mol. The van der Waals surface area contributed by atoms with Crippen LogP contribution in [0.2, 0.25) is 0 Å². The van der Waals surface area contributed by atoms with Gasteiger partial charge >= 0.3 is 6.03 Å². The zero-order valence-electron chi connectivity index (χ0n) is 19.0. The molecule has 0 spiro atoms. The van der Waals surface area contributed by atoms with Crippen LogP contribution in [0.15, 0.2) is 67.0 Å². The molecule has 2 aromatic carbocycles. The lowest BCUT2D eigenvalue weighted by Gasteiger charge is -2.19. The number of fused-ring (bicyclic) bond motifs is 2. The molecule has 31 heavy (non-hydrogen) atoms. The molecule has 7 heteroatoms. The smallest absolute Gasteiger partial charge is 0.323 e. The Kier molecular flexibility index (Phi) is 4.34. The first-order valence-electron chi connectivity index (χ1n) is 11.0. The molecule has 0 saturated heterocycles. The molecule has 1 aliphatic heterocycles. The fourth-order valence-electron chi connectivity index (χ4n) is 3.82. The number of nitrogens with zero attached hydrogens (tertiary/aromatic N) is 2. The first kappa shape index (κ1) is 16.8. The number of carbonyl (C=O) groups is 1. The van der Waals surface area contributed by atoms with Crippen LogP contribution < -0.4 is 20.3 Å². The highest BCUT2D eigenvalue weighted by atomic mass is 16.5. The molecule has 0 bridgehead atoms. The van der Waals surface area contributed by atoms with E-state index in [1.54, 1.807) is 54.7 Å². The molecule has 5 rings (SSSR count). The maximum absolute atomic E-state index is 12.6. The van der Waals surface area contributed by atoms with Gasteiger partial charge in [0.1, 0.15) is 11.4 Å². The van der Waals surface area contributed by atoms with Crippen molar-refractivity contribution in [2.45, 2.75) is 12.9 Å². The van der Waals surface area contributed by atoms with E-state index < -0.39 is 6.50 Å². The highest BCUT2D eigenvalue weighted by molar-refractivity contribution is 6.01. The first-order chi connectivity index (χ1) is 16.0. The van der Waals surface area contributed by atoms with Crippen LogP contribution >= 0.6 is 0 Å². The van der Waals surface area contributed by atoms with Crippen LogP contribution in [-0.4, -0.2) is 29.7 Å². The van der Waals surface area contributed by atoms with Crippen molar-refractivity contribution in [1.82, 2.24) is 9.97 Å². The number of H-pyrrole nitrogens is 1. The van der Waals surface area contributed by atoms with Crippen LogP contribution in [0, 0.1) is 0 Å². The summed E-state index contributed by atoms with van der Waals surface area (Å²) < 4.78 is 23.0. The van der Waals surface area contributed by atoms with Crippen molar-refractivity contribution in [2.24, 2.45) is 0 Å². The van der Waals surface area contributed by atoms with Gasteiger partial charge in [-0.1, -0.05) is 6.07 Å². The molecular weight excluding hydrogens is 390 g/mol. The molecule has 0 unspecified atom stereocenters. The normalized spacial score (nSPS) is 14.0. The van der Waals surface area contributed by atoms with E-state index in [-0.39, 0.29) is 6.03 Å². The third-order valence-corrected chi connectivity index (χ3v) is 5.33. The second kappa shape index (κ2) is 8.02. The Balaban J connectivity index is 1.38. The van der Waals surface area contributed by atoms with Gasteiger partial charge in [-0.2, -0.15) is 0 Å². The van der Waals surface area contributed by atoms with Crippen molar-refractivity contribution in [1.29, 1.82) is 0 Å². The second-order valence-electron chi connectivity index (χ2n) is 7.23. The molecular formula is C24H23N5O2. The third kappa shape index (κ3) is 3.77. The fraction of sp³-hybridized carbons (Fsp3) is 0.167. The minimum absolute atomic E-state index is 0.363. The molecule has 2 aromatic heterocycles. The number of anilines is 3. The highest BCUT2D eigenvalue weighted by Crippen LogP contribution is 2.35. The number of amides is 2. The number of aromatic amines is 1. The monoisotopic (exact) mass is 415 g/mol. The van der Waals surface area contributed by atoms with Gasteiger partial charge in [0.25, 0.3) is 0 Å². The lowest BCUT2D eigenvalue weighted by Crippen LogP contribution is -2.20. The molecule has 0 saturated carbocycles. The lowest BCUT2D eigenvalue weighted by molar-refractivity contribution is 0.262. The van der Waals surface area contributed by atoms with Gasteiger partial charge in [0, 0.05) is 53.4 Å². The van der Waals surface area contributed by atoms with Crippen LogP contribution in [0.5, 0.6) is 5.75 Å². The van der Waals surface area contributed by atoms with Gasteiger partial charge in [-0.05, 0) is 60.5 Å². The van der Waals surface area contributed by atoms with E-state index in [4.69, 9.17) is 7.48 Å². The van der Waals surface area contributed by atoms with E-state index in [9.17, 15) is 4.79 Å². The van der Waals surface area contributed by atoms with E-state index in [1.807, 2.05) is 24.3 Å². The standard InChI is InChI=1S/C24H23N5O2/c1-31-18-9-7-17(8-10-18)27-24(30)28-21-5-2-6-22-20(21)11-13-29(22)15-16-14-26-23-19(16)4-3-12-25-23/h2-10,12,14H,11,13,15H2,1H3,(H,25,26)(H2,27,28,30)/i15D2. The Morgan fingerprint density at radius 1 is 1.19 bits per heavy atom. The van der Waals surface area contributed by atoms with Crippen molar-refractivity contribution in [3.05, 3.63) is 78.1 Å². The van der Waals surface area contributed by atoms with E-state index in [0.717, 1.165) is 16.6 Å². The van der Waals surface area contributed by atoms with E-state index in [0.29, 0.717) is 41.3 Å². The van der Waals surface area contributed by atoms with Gasteiger partial charge in [0.15, 0.2) is 0 Å². The molecule has 0 radical (unpaired) electrons. The van der Waals surface area contributed by atoms with Gasteiger partial charge < -0.3 is 25.3 Å². The van der Waals surface area contributed by atoms with Gasteiger partial charge in [-0.3, -0.25) is 0 Å². The number of aromatic nitrogens is 2. The summed E-state index contributed by atoms with van der Waals surface area (Å²) in [7, 11) is 1.59.